The van der Waals surface area contributed by atoms with E-state index in [9.17, 15) is 4.39 Å². The maximum Gasteiger partial charge on any atom is 0.153 e. The van der Waals surface area contributed by atoms with Crippen LogP contribution in [0.15, 0.2) is 60.8 Å². The van der Waals surface area contributed by atoms with Gasteiger partial charge in [0.05, 0.1) is 5.52 Å². The first kappa shape index (κ1) is 21.8. The molecule has 4 rings (SSSR count). The number of rotatable bonds is 5. The molecule has 0 N–H and O–H groups in total. The third kappa shape index (κ3) is 4.19. The molecule has 4 aromatic rings. The Hall–Kier alpha value is -2.85. The fraction of sp³-hybridized carbons (Fsp3) is 0.240. The van der Waals surface area contributed by atoms with Crippen molar-refractivity contribution in [2.75, 3.05) is 11.9 Å². The molecule has 5 heteroatoms. The van der Waals surface area contributed by atoms with Gasteiger partial charge in [-0.05, 0) is 55.7 Å². The smallest absolute Gasteiger partial charge is 0.153 e. The molecule has 3 nitrogen and oxygen atoms in total. The van der Waals surface area contributed by atoms with E-state index in [0.717, 1.165) is 23.4 Å². The molecule has 0 saturated carbocycles. The quantitative estimate of drug-likeness (QED) is 0.380. The Bertz CT molecular complexity index is 1170. The van der Waals surface area contributed by atoms with Gasteiger partial charge in [0, 0.05) is 37.4 Å². The Morgan fingerprint density at radius 2 is 1.70 bits per heavy atom. The first-order valence-corrected chi connectivity index (χ1v) is 9.89. The van der Waals surface area contributed by atoms with Gasteiger partial charge in [-0.25, -0.2) is 9.37 Å². The van der Waals surface area contributed by atoms with E-state index in [-0.39, 0.29) is 18.2 Å². The second-order valence-corrected chi connectivity index (χ2v) is 7.80. The molecule has 0 saturated heterocycles. The van der Waals surface area contributed by atoms with Crippen molar-refractivity contribution in [3.05, 3.63) is 94.6 Å². The van der Waals surface area contributed by atoms with E-state index in [4.69, 9.17) is 4.98 Å². The van der Waals surface area contributed by atoms with Crippen LogP contribution in [-0.2, 0) is 13.1 Å². The Morgan fingerprint density at radius 3 is 2.40 bits per heavy atom. The topological polar surface area (TPSA) is 21.1 Å². The molecule has 0 aliphatic carbocycles. The number of nitrogens with zero attached hydrogens (tertiary/aromatic N) is 3. The minimum Gasteiger partial charge on any atom is -0.354 e. The molecule has 0 spiro atoms. The molecule has 156 valence electrons. The summed E-state index contributed by atoms with van der Waals surface area (Å²) < 4.78 is 15.6. The maximum absolute atomic E-state index is 13.3. The fourth-order valence-electron chi connectivity index (χ4n) is 3.99. The molecule has 0 radical (unpaired) electrons. The Morgan fingerprint density at radius 1 is 0.967 bits per heavy atom. The largest absolute Gasteiger partial charge is 0.354 e. The van der Waals surface area contributed by atoms with Crippen LogP contribution < -0.4 is 4.90 Å². The zero-order valence-corrected chi connectivity index (χ0v) is 18.6. The van der Waals surface area contributed by atoms with Crippen LogP contribution in [-0.4, -0.2) is 16.6 Å². The monoisotopic (exact) mass is 423 g/mol. The lowest BCUT2D eigenvalue weighted by molar-refractivity contribution is 0.627. The van der Waals surface area contributed by atoms with Crippen molar-refractivity contribution in [1.82, 2.24) is 9.55 Å². The number of aromatic nitrogens is 2. The number of pyridine rings is 1. The molecule has 0 amide bonds. The number of benzene rings is 2. The number of hydrogen-bond acceptors (Lipinski definition) is 2. The molecule has 2 aromatic carbocycles. The zero-order valence-electron chi connectivity index (χ0n) is 17.8. The lowest BCUT2D eigenvalue weighted by Gasteiger charge is -2.21. The average Bonchev–Trinajstić information content (AvgIpc) is 2.95. The Labute approximate surface area is 183 Å². The van der Waals surface area contributed by atoms with Crippen LogP contribution in [0.5, 0.6) is 0 Å². The van der Waals surface area contributed by atoms with Gasteiger partial charge in [-0.15, -0.1) is 12.4 Å². The molecule has 0 aliphatic heterocycles. The summed E-state index contributed by atoms with van der Waals surface area (Å²) in [6.45, 7) is 7.95. The highest BCUT2D eigenvalue weighted by Crippen LogP contribution is 2.32. The summed E-state index contributed by atoms with van der Waals surface area (Å²) >= 11 is 0. The summed E-state index contributed by atoms with van der Waals surface area (Å²) in [5.41, 5.74) is 7.28. The van der Waals surface area contributed by atoms with Gasteiger partial charge in [-0.1, -0.05) is 42.0 Å². The van der Waals surface area contributed by atoms with Crippen LogP contribution in [0, 0.1) is 26.6 Å². The molecule has 30 heavy (non-hydrogen) atoms. The van der Waals surface area contributed by atoms with Crippen molar-refractivity contribution in [2.45, 2.75) is 33.9 Å². The van der Waals surface area contributed by atoms with E-state index in [1.807, 2.05) is 25.4 Å². The van der Waals surface area contributed by atoms with E-state index in [2.05, 4.69) is 60.6 Å². The normalized spacial score (nSPS) is 10.8. The summed E-state index contributed by atoms with van der Waals surface area (Å²) in [6.07, 6.45) is 1.88. The van der Waals surface area contributed by atoms with Gasteiger partial charge in [-0.3, -0.25) is 0 Å². The lowest BCUT2D eigenvalue weighted by atomic mass is 10.1. The standard InChI is InChI=1S/C25H26FN3.ClH/c1-17-6-5-7-21(14-17)16-29-19(3)18(2)23-12-13-27-25(24(23)29)28(4)15-20-8-10-22(26)11-9-20;/h5-14H,15-16H2,1-4H3;1H. The van der Waals surface area contributed by atoms with Crippen LogP contribution in [0.2, 0.25) is 0 Å². The van der Waals surface area contributed by atoms with Crippen LogP contribution in [0.1, 0.15) is 27.9 Å². The SMILES string of the molecule is Cc1cccc(Cn2c(C)c(C)c3ccnc(N(C)Cc4ccc(F)cc4)c32)c1.Cl. The molecule has 2 heterocycles. The Kier molecular flexibility index (Phi) is 6.47. The summed E-state index contributed by atoms with van der Waals surface area (Å²) in [7, 11) is 2.04. The average molecular weight is 424 g/mol. The number of halogens is 2. The molecular weight excluding hydrogens is 397 g/mol. The van der Waals surface area contributed by atoms with Crippen LogP contribution in [0.3, 0.4) is 0 Å². The molecular formula is C25H27ClFN3. The van der Waals surface area contributed by atoms with E-state index in [1.165, 1.54) is 39.9 Å². The molecule has 0 fully saturated rings. The predicted molar refractivity (Wildman–Crippen MR) is 125 cm³/mol. The van der Waals surface area contributed by atoms with Crippen LogP contribution in [0.25, 0.3) is 10.9 Å². The zero-order chi connectivity index (χ0) is 20.5. The lowest BCUT2D eigenvalue weighted by Crippen LogP contribution is -2.19. The first-order valence-electron chi connectivity index (χ1n) is 9.89. The number of anilines is 1. The second-order valence-electron chi connectivity index (χ2n) is 7.80. The van der Waals surface area contributed by atoms with Crippen molar-refractivity contribution in [2.24, 2.45) is 0 Å². The highest BCUT2D eigenvalue weighted by Gasteiger charge is 2.18. The van der Waals surface area contributed by atoms with Crippen molar-refractivity contribution in [1.29, 1.82) is 0 Å². The van der Waals surface area contributed by atoms with Gasteiger partial charge < -0.3 is 9.47 Å². The van der Waals surface area contributed by atoms with Gasteiger partial charge in [0.15, 0.2) is 5.82 Å². The molecule has 2 aromatic heterocycles. The van der Waals surface area contributed by atoms with Crippen LogP contribution in [0.4, 0.5) is 10.2 Å². The van der Waals surface area contributed by atoms with E-state index in [1.54, 1.807) is 0 Å². The van der Waals surface area contributed by atoms with Crippen LogP contribution >= 0.6 is 12.4 Å². The van der Waals surface area contributed by atoms with Crippen molar-refractivity contribution in [3.8, 4) is 0 Å². The van der Waals surface area contributed by atoms with E-state index in [0.29, 0.717) is 6.54 Å². The Balaban J connectivity index is 0.00000256. The van der Waals surface area contributed by atoms with Gasteiger partial charge in [0.25, 0.3) is 0 Å². The molecule has 0 bridgehead atoms. The minimum absolute atomic E-state index is 0. The van der Waals surface area contributed by atoms with E-state index < -0.39 is 0 Å². The third-order valence-electron chi connectivity index (χ3n) is 5.64. The molecule has 0 unspecified atom stereocenters. The van der Waals surface area contributed by atoms with Crippen molar-refractivity contribution >= 4 is 29.1 Å². The summed E-state index contributed by atoms with van der Waals surface area (Å²) in [5.74, 6) is 0.727. The van der Waals surface area contributed by atoms with Gasteiger partial charge in [-0.2, -0.15) is 0 Å². The maximum atomic E-state index is 13.3. The van der Waals surface area contributed by atoms with Gasteiger partial charge >= 0.3 is 0 Å². The highest BCUT2D eigenvalue weighted by molar-refractivity contribution is 5.93. The van der Waals surface area contributed by atoms with Crippen molar-refractivity contribution in [3.63, 3.8) is 0 Å². The minimum atomic E-state index is -0.213. The molecule has 0 aliphatic rings. The van der Waals surface area contributed by atoms with Gasteiger partial charge in [0.2, 0.25) is 0 Å². The summed E-state index contributed by atoms with van der Waals surface area (Å²) in [6, 6.07) is 17.4. The number of aryl methyl sites for hydroxylation is 2. The second kappa shape index (κ2) is 8.88. The summed E-state index contributed by atoms with van der Waals surface area (Å²) in [5, 5.41) is 1.23. The van der Waals surface area contributed by atoms with E-state index >= 15 is 0 Å². The van der Waals surface area contributed by atoms with Gasteiger partial charge in [0.1, 0.15) is 5.82 Å². The van der Waals surface area contributed by atoms with Crippen molar-refractivity contribution < 1.29 is 4.39 Å². The first-order chi connectivity index (χ1) is 13.9. The fourth-order valence-corrected chi connectivity index (χ4v) is 3.99. The summed E-state index contributed by atoms with van der Waals surface area (Å²) in [4.78, 5) is 6.87. The predicted octanol–water partition coefficient (Wildman–Crippen LogP) is 6.21. The number of hydrogen-bond donors (Lipinski definition) is 0. The molecule has 0 atom stereocenters. The third-order valence-corrected chi connectivity index (χ3v) is 5.64. The number of fused-ring (bicyclic) bond motifs is 1. The highest BCUT2D eigenvalue weighted by atomic mass is 35.5.